The fourth-order valence-corrected chi connectivity index (χ4v) is 1.27. The summed E-state index contributed by atoms with van der Waals surface area (Å²) in [6.45, 7) is 0. The van der Waals surface area contributed by atoms with Gasteiger partial charge < -0.3 is 11.1 Å². The lowest BCUT2D eigenvalue weighted by molar-refractivity contribution is 0.449. The lowest BCUT2D eigenvalue weighted by Crippen LogP contribution is -2.02. The van der Waals surface area contributed by atoms with Gasteiger partial charge in [-0.25, -0.2) is 18.2 Å². The van der Waals surface area contributed by atoms with Crippen LogP contribution in [-0.4, -0.2) is 4.98 Å². The first-order chi connectivity index (χ1) is 8.09. The molecule has 1 heterocycles. The molecule has 2 rings (SSSR count). The maximum absolute atomic E-state index is 13.3. The van der Waals surface area contributed by atoms with E-state index in [-0.39, 0.29) is 17.2 Å². The fraction of sp³-hybridized carbons (Fsp3) is 0. The van der Waals surface area contributed by atoms with Crippen molar-refractivity contribution >= 4 is 17.2 Å². The highest BCUT2D eigenvalue weighted by molar-refractivity contribution is 5.68. The lowest BCUT2D eigenvalue weighted by atomic mass is 10.2. The summed E-state index contributed by atoms with van der Waals surface area (Å²) >= 11 is 0. The van der Waals surface area contributed by atoms with Crippen LogP contribution in [0, 0.1) is 17.5 Å². The first-order valence-electron chi connectivity index (χ1n) is 4.70. The summed E-state index contributed by atoms with van der Waals surface area (Å²) in [5.41, 5.74) is 5.62. The molecule has 2 aromatic rings. The van der Waals surface area contributed by atoms with E-state index in [2.05, 4.69) is 10.3 Å². The van der Waals surface area contributed by atoms with Crippen LogP contribution in [0.1, 0.15) is 0 Å². The van der Waals surface area contributed by atoms with E-state index in [1.165, 1.54) is 6.20 Å². The third-order valence-corrected chi connectivity index (χ3v) is 2.13. The van der Waals surface area contributed by atoms with Gasteiger partial charge in [0.05, 0.1) is 11.4 Å². The molecule has 0 atom stereocenters. The fourth-order valence-electron chi connectivity index (χ4n) is 1.27. The highest BCUT2D eigenvalue weighted by Crippen LogP contribution is 2.24. The Morgan fingerprint density at radius 1 is 1.06 bits per heavy atom. The second kappa shape index (κ2) is 4.32. The summed E-state index contributed by atoms with van der Waals surface area (Å²) in [7, 11) is 0. The van der Waals surface area contributed by atoms with E-state index in [1.807, 2.05) is 0 Å². The van der Waals surface area contributed by atoms with Crippen molar-refractivity contribution in [3.63, 3.8) is 0 Å². The van der Waals surface area contributed by atoms with Crippen molar-refractivity contribution in [3.8, 4) is 0 Å². The molecule has 0 aliphatic carbocycles. The lowest BCUT2D eigenvalue weighted by Gasteiger charge is -2.09. The number of rotatable bonds is 2. The number of nitrogens with two attached hydrogens (primary N) is 1. The zero-order valence-electron chi connectivity index (χ0n) is 8.55. The average molecular weight is 239 g/mol. The first kappa shape index (κ1) is 11.3. The highest BCUT2D eigenvalue weighted by atomic mass is 19.2. The molecule has 88 valence electrons. The van der Waals surface area contributed by atoms with Gasteiger partial charge in [-0.05, 0) is 24.3 Å². The van der Waals surface area contributed by atoms with Gasteiger partial charge in [-0.3, -0.25) is 0 Å². The molecule has 0 saturated carbocycles. The third kappa shape index (κ3) is 2.15. The molecule has 0 radical (unpaired) electrons. The zero-order chi connectivity index (χ0) is 12.4. The van der Waals surface area contributed by atoms with Gasteiger partial charge in [0.1, 0.15) is 0 Å². The zero-order valence-corrected chi connectivity index (χ0v) is 8.55. The predicted molar refractivity (Wildman–Crippen MR) is 58.2 cm³/mol. The Morgan fingerprint density at radius 2 is 1.82 bits per heavy atom. The number of benzene rings is 1. The van der Waals surface area contributed by atoms with Crippen molar-refractivity contribution in [2.24, 2.45) is 0 Å². The van der Waals surface area contributed by atoms with Crippen LogP contribution in [-0.2, 0) is 0 Å². The predicted octanol–water partition coefficient (Wildman–Crippen LogP) is 2.82. The Balaban J connectivity index is 2.38. The van der Waals surface area contributed by atoms with Crippen LogP contribution in [0.2, 0.25) is 0 Å². The molecular weight excluding hydrogens is 231 g/mol. The highest BCUT2D eigenvalue weighted by Gasteiger charge is 2.14. The van der Waals surface area contributed by atoms with Crippen molar-refractivity contribution in [1.82, 2.24) is 4.98 Å². The minimum absolute atomic E-state index is 0.178. The second-order valence-electron chi connectivity index (χ2n) is 3.29. The van der Waals surface area contributed by atoms with E-state index in [9.17, 15) is 13.2 Å². The molecule has 3 N–H and O–H groups in total. The second-order valence-corrected chi connectivity index (χ2v) is 3.29. The van der Waals surface area contributed by atoms with Crippen LogP contribution in [0.3, 0.4) is 0 Å². The molecule has 0 aliphatic rings. The summed E-state index contributed by atoms with van der Waals surface area (Å²) in [5.74, 6) is -3.92. The Hall–Kier alpha value is -2.24. The monoisotopic (exact) mass is 239 g/mol. The Labute approximate surface area is 95.1 Å². The normalized spacial score (nSPS) is 10.3. The molecule has 0 aliphatic heterocycles. The summed E-state index contributed by atoms with van der Waals surface area (Å²) in [6, 6.07) is 5.04. The number of pyridine rings is 1. The smallest absolute Gasteiger partial charge is 0.196 e. The standard InChI is InChI=1S/C11H8F3N3/c12-6-3-4-8(10(14)9(6)13)17-11-7(15)2-1-5-16-11/h1-5H,15H2,(H,16,17). The van der Waals surface area contributed by atoms with Crippen molar-refractivity contribution in [2.75, 3.05) is 11.1 Å². The summed E-state index contributed by atoms with van der Waals surface area (Å²) in [4.78, 5) is 3.85. The quantitative estimate of drug-likeness (QED) is 0.792. The number of nitrogens with zero attached hydrogens (tertiary/aromatic N) is 1. The molecule has 0 saturated heterocycles. The molecule has 0 fully saturated rings. The van der Waals surface area contributed by atoms with Crippen molar-refractivity contribution in [1.29, 1.82) is 0 Å². The number of anilines is 3. The summed E-state index contributed by atoms with van der Waals surface area (Å²) < 4.78 is 39.0. The van der Waals surface area contributed by atoms with Crippen molar-refractivity contribution in [2.45, 2.75) is 0 Å². The van der Waals surface area contributed by atoms with E-state index in [4.69, 9.17) is 5.73 Å². The maximum Gasteiger partial charge on any atom is 0.196 e. The van der Waals surface area contributed by atoms with Gasteiger partial charge in [0.25, 0.3) is 0 Å². The van der Waals surface area contributed by atoms with Gasteiger partial charge in [0.15, 0.2) is 23.3 Å². The van der Waals surface area contributed by atoms with Gasteiger partial charge in [0.2, 0.25) is 0 Å². The van der Waals surface area contributed by atoms with E-state index in [0.717, 1.165) is 12.1 Å². The molecule has 1 aromatic heterocycles. The molecule has 1 aromatic carbocycles. The summed E-state index contributed by atoms with van der Waals surface area (Å²) in [6.07, 6.45) is 1.44. The molecular formula is C11H8F3N3. The van der Waals surface area contributed by atoms with Crippen LogP contribution in [0.25, 0.3) is 0 Å². The van der Waals surface area contributed by atoms with E-state index < -0.39 is 17.5 Å². The molecule has 6 heteroatoms. The summed E-state index contributed by atoms with van der Waals surface area (Å²) in [5, 5.41) is 2.49. The van der Waals surface area contributed by atoms with E-state index in [0.29, 0.717) is 0 Å². The minimum atomic E-state index is -1.54. The molecule has 0 bridgehead atoms. The largest absolute Gasteiger partial charge is 0.396 e. The number of hydrogen-bond acceptors (Lipinski definition) is 3. The van der Waals surface area contributed by atoms with Gasteiger partial charge in [0, 0.05) is 6.20 Å². The number of halogens is 3. The van der Waals surface area contributed by atoms with Crippen molar-refractivity contribution < 1.29 is 13.2 Å². The topological polar surface area (TPSA) is 50.9 Å². The minimum Gasteiger partial charge on any atom is -0.396 e. The van der Waals surface area contributed by atoms with Crippen LogP contribution in [0.5, 0.6) is 0 Å². The van der Waals surface area contributed by atoms with Gasteiger partial charge in [-0.15, -0.1) is 0 Å². The van der Waals surface area contributed by atoms with Crippen molar-refractivity contribution in [3.05, 3.63) is 47.9 Å². The van der Waals surface area contributed by atoms with Gasteiger partial charge in [-0.1, -0.05) is 0 Å². The maximum atomic E-state index is 13.3. The Bertz CT molecular complexity index is 558. The average Bonchev–Trinajstić information content (AvgIpc) is 2.32. The molecule has 17 heavy (non-hydrogen) atoms. The molecule has 0 unspecified atom stereocenters. The molecule has 0 amide bonds. The number of nitrogens with one attached hydrogen (secondary N) is 1. The van der Waals surface area contributed by atoms with Crippen LogP contribution in [0.15, 0.2) is 30.5 Å². The van der Waals surface area contributed by atoms with Crippen LogP contribution < -0.4 is 11.1 Å². The van der Waals surface area contributed by atoms with E-state index >= 15 is 0 Å². The van der Waals surface area contributed by atoms with Gasteiger partial charge >= 0.3 is 0 Å². The molecule has 3 nitrogen and oxygen atoms in total. The Morgan fingerprint density at radius 3 is 2.53 bits per heavy atom. The SMILES string of the molecule is Nc1cccnc1Nc1ccc(F)c(F)c1F. The third-order valence-electron chi connectivity index (χ3n) is 2.13. The van der Waals surface area contributed by atoms with E-state index in [1.54, 1.807) is 12.1 Å². The number of nitrogen functional groups attached to an aromatic ring is 1. The Kier molecular flexibility index (Phi) is 2.86. The number of hydrogen-bond donors (Lipinski definition) is 2. The van der Waals surface area contributed by atoms with Gasteiger partial charge in [-0.2, -0.15) is 0 Å². The van der Waals surface area contributed by atoms with Crippen LogP contribution in [0.4, 0.5) is 30.4 Å². The van der Waals surface area contributed by atoms with Crippen LogP contribution >= 0.6 is 0 Å². The number of aromatic nitrogens is 1. The molecule has 0 spiro atoms. The first-order valence-corrected chi connectivity index (χ1v) is 4.70.